The molecule has 0 aromatic heterocycles. The molecule has 2 N–H and O–H groups in total. The third-order valence-corrected chi connectivity index (χ3v) is 3.09. The van der Waals surface area contributed by atoms with Gasteiger partial charge in [-0.25, -0.2) is 4.79 Å². The number of para-hydroxylation sites is 1. The van der Waals surface area contributed by atoms with Gasteiger partial charge in [0.1, 0.15) is 0 Å². The normalized spacial score (nSPS) is 10.4. The molecule has 0 aliphatic heterocycles. The van der Waals surface area contributed by atoms with Crippen LogP contribution in [0.25, 0.3) is 0 Å². The summed E-state index contributed by atoms with van der Waals surface area (Å²) in [6.45, 7) is 6.64. The van der Waals surface area contributed by atoms with E-state index in [9.17, 15) is 9.59 Å². The Balaban J connectivity index is 2.76. The number of amides is 2. The van der Waals surface area contributed by atoms with Crippen LogP contribution in [0.15, 0.2) is 24.3 Å². The molecule has 110 valence electrons. The lowest BCUT2D eigenvalue weighted by Crippen LogP contribution is -2.36. The van der Waals surface area contributed by atoms with E-state index in [4.69, 9.17) is 5.11 Å². The molecular formula is C15H22N2O3. The van der Waals surface area contributed by atoms with Crippen molar-refractivity contribution >= 4 is 17.7 Å². The first-order valence-electron chi connectivity index (χ1n) is 6.82. The Morgan fingerprint density at radius 2 is 1.95 bits per heavy atom. The number of nitrogens with one attached hydrogen (secondary N) is 1. The smallest absolute Gasteiger partial charge is 0.321 e. The number of nitrogens with zero attached hydrogens (tertiary/aromatic N) is 1. The molecule has 0 atom stereocenters. The van der Waals surface area contributed by atoms with Crippen LogP contribution in [0.1, 0.15) is 38.7 Å². The minimum absolute atomic E-state index is 0.0485. The van der Waals surface area contributed by atoms with E-state index in [0.29, 0.717) is 12.5 Å². The first-order valence-corrected chi connectivity index (χ1v) is 6.82. The quantitative estimate of drug-likeness (QED) is 0.839. The van der Waals surface area contributed by atoms with E-state index in [1.165, 1.54) is 4.90 Å². The van der Waals surface area contributed by atoms with E-state index in [-0.39, 0.29) is 19.0 Å². The van der Waals surface area contributed by atoms with Gasteiger partial charge in [0.05, 0.1) is 6.42 Å². The second-order valence-corrected chi connectivity index (χ2v) is 4.90. The Bertz CT molecular complexity index is 472. The molecule has 0 saturated heterocycles. The number of carbonyl (C=O) groups excluding carboxylic acids is 1. The van der Waals surface area contributed by atoms with Crippen molar-refractivity contribution in [1.29, 1.82) is 0 Å². The van der Waals surface area contributed by atoms with Crippen molar-refractivity contribution in [3.63, 3.8) is 0 Å². The number of urea groups is 1. The molecule has 0 fully saturated rings. The van der Waals surface area contributed by atoms with Crippen LogP contribution in [0.5, 0.6) is 0 Å². The van der Waals surface area contributed by atoms with Crippen molar-refractivity contribution in [1.82, 2.24) is 4.90 Å². The fourth-order valence-electron chi connectivity index (χ4n) is 1.94. The highest BCUT2D eigenvalue weighted by Gasteiger charge is 2.15. The average Bonchev–Trinajstić information content (AvgIpc) is 2.39. The van der Waals surface area contributed by atoms with Crippen molar-refractivity contribution in [3.05, 3.63) is 29.8 Å². The molecule has 0 unspecified atom stereocenters. The highest BCUT2D eigenvalue weighted by molar-refractivity contribution is 5.90. The highest BCUT2D eigenvalue weighted by atomic mass is 16.4. The van der Waals surface area contributed by atoms with Gasteiger partial charge in [-0.3, -0.25) is 4.79 Å². The molecule has 0 radical (unpaired) electrons. The Hall–Kier alpha value is -2.04. The lowest BCUT2D eigenvalue weighted by molar-refractivity contribution is -0.137. The second-order valence-electron chi connectivity index (χ2n) is 4.90. The molecule has 1 aromatic carbocycles. The maximum atomic E-state index is 12.2. The number of carbonyl (C=O) groups is 2. The minimum atomic E-state index is -0.904. The second kappa shape index (κ2) is 7.53. The summed E-state index contributed by atoms with van der Waals surface area (Å²) in [5, 5.41) is 11.5. The van der Waals surface area contributed by atoms with Crippen LogP contribution in [0.3, 0.4) is 0 Å². The van der Waals surface area contributed by atoms with E-state index in [1.54, 1.807) is 0 Å². The molecule has 2 amide bonds. The topological polar surface area (TPSA) is 69.6 Å². The van der Waals surface area contributed by atoms with Crippen LogP contribution in [-0.4, -0.2) is 35.1 Å². The van der Waals surface area contributed by atoms with E-state index in [0.717, 1.165) is 11.3 Å². The molecule has 0 aliphatic carbocycles. The summed E-state index contributed by atoms with van der Waals surface area (Å²) >= 11 is 0. The number of benzene rings is 1. The van der Waals surface area contributed by atoms with Gasteiger partial charge in [-0.1, -0.05) is 32.0 Å². The highest BCUT2D eigenvalue weighted by Crippen LogP contribution is 2.23. The van der Waals surface area contributed by atoms with Gasteiger partial charge in [0.15, 0.2) is 0 Å². The number of anilines is 1. The number of hydrogen-bond acceptors (Lipinski definition) is 2. The third-order valence-electron chi connectivity index (χ3n) is 3.09. The Morgan fingerprint density at radius 3 is 2.50 bits per heavy atom. The number of aliphatic carboxylic acids is 1. The molecule has 0 saturated carbocycles. The zero-order valence-corrected chi connectivity index (χ0v) is 12.2. The average molecular weight is 278 g/mol. The summed E-state index contributed by atoms with van der Waals surface area (Å²) < 4.78 is 0. The zero-order chi connectivity index (χ0) is 15.1. The number of rotatable bonds is 6. The predicted octanol–water partition coefficient (Wildman–Crippen LogP) is 3.14. The fourth-order valence-corrected chi connectivity index (χ4v) is 1.94. The largest absolute Gasteiger partial charge is 0.481 e. The molecule has 0 spiro atoms. The first kappa shape index (κ1) is 16.0. The van der Waals surface area contributed by atoms with Crippen LogP contribution in [0.2, 0.25) is 0 Å². The summed E-state index contributed by atoms with van der Waals surface area (Å²) in [4.78, 5) is 24.2. The van der Waals surface area contributed by atoms with Crippen LogP contribution >= 0.6 is 0 Å². The zero-order valence-electron chi connectivity index (χ0n) is 12.2. The molecule has 0 bridgehead atoms. The first-order chi connectivity index (χ1) is 9.45. The van der Waals surface area contributed by atoms with Crippen molar-refractivity contribution in [2.75, 3.05) is 18.4 Å². The maximum Gasteiger partial charge on any atom is 0.321 e. The van der Waals surface area contributed by atoms with E-state index >= 15 is 0 Å². The summed E-state index contributed by atoms with van der Waals surface area (Å²) in [6, 6.07) is 7.38. The van der Waals surface area contributed by atoms with Crippen molar-refractivity contribution in [2.45, 2.75) is 33.1 Å². The van der Waals surface area contributed by atoms with Gasteiger partial charge in [0, 0.05) is 18.8 Å². The monoisotopic (exact) mass is 278 g/mol. The maximum absolute atomic E-state index is 12.2. The van der Waals surface area contributed by atoms with Crippen LogP contribution < -0.4 is 5.32 Å². The minimum Gasteiger partial charge on any atom is -0.481 e. The van der Waals surface area contributed by atoms with Crippen LogP contribution in [0, 0.1) is 0 Å². The number of hydrogen-bond donors (Lipinski definition) is 2. The van der Waals surface area contributed by atoms with Gasteiger partial charge in [0.2, 0.25) is 0 Å². The van der Waals surface area contributed by atoms with Crippen molar-refractivity contribution < 1.29 is 14.7 Å². The molecule has 1 rings (SSSR count). The molecule has 20 heavy (non-hydrogen) atoms. The predicted molar refractivity (Wildman–Crippen MR) is 79.0 cm³/mol. The summed E-state index contributed by atoms with van der Waals surface area (Å²) in [6.07, 6.45) is -0.0485. The van der Waals surface area contributed by atoms with Gasteiger partial charge in [-0.2, -0.15) is 0 Å². The van der Waals surface area contributed by atoms with Gasteiger partial charge in [0.25, 0.3) is 0 Å². The van der Waals surface area contributed by atoms with Crippen LogP contribution in [-0.2, 0) is 4.79 Å². The Morgan fingerprint density at radius 1 is 1.30 bits per heavy atom. The van der Waals surface area contributed by atoms with Gasteiger partial charge in [-0.05, 0) is 24.5 Å². The fraction of sp³-hybridized carbons (Fsp3) is 0.467. The number of carboxylic acid groups (broad SMARTS) is 1. The van der Waals surface area contributed by atoms with E-state index in [1.807, 2.05) is 31.2 Å². The van der Waals surface area contributed by atoms with Gasteiger partial charge in [-0.15, -0.1) is 0 Å². The number of carboxylic acids is 1. The Kier molecular flexibility index (Phi) is 6.03. The lowest BCUT2D eigenvalue weighted by atomic mass is 10.0. The standard InChI is InChI=1S/C15H22N2O3/c1-4-17(10-9-14(18)19)15(20)16-13-8-6-5-7-12(13)11(2)3/h5-8,11H,4,9-10H2,1-3H3,(H,16,20)(H,18,19). The van der Waals surface area contributed by atoms with E-state index < -0.39 is 5.97 Å². The SMILES string of the molecule is CCN(CCC(=O)O)C(=O)Nc1ccccc1C(C)C. The van der Waals surface area contributed by atoms with Crippen LogP contribution in [0.4, 0.5) is 10.5 Å². The molecular weight excluding hydrogens is 256 g/mol. The molecule has 5 nitrogen and oxygen atoms in total. The third kappa shape index (κ3) is 4.57. The summed E-state index contributed by atoms with van der Waals surface area (Å²) in [5.74, 6) is -0.598. The molecule has 0 aliphatic rings. The van der Waals surface area contributed by atoms with E-state index in [2.05, 4.69) is 19.2 Å². The summed E-state index contributed by atoms with van der Waals surface area (Å²) in [5.41, 5.74) is 1.84. The van der Waals surface area contributed by atoms with Gasteiger partial charge < -0.3 is 15.3 Å². The Labute approximate surface area is 119 Å². The molecule has 5 heteroatoms. The molecule has 1 aromatic rings. The van der Waals surface area contributed by atoms with Crippen molar-refractivity contribution in [3.8, 4) is 0 Å². The van der Waals surface area contributed by atoms with Gasteiger partial charge >= 0.3 is 12.0 Å². The molecule has 0 heterocycles. The summed E-state index contributed by atoms with van der Waals surface area (Å²) in [7, 11) is 0. The van der Waals surface area contributed by atoms with Crippen molar-refractivity contribution in [2.24, 2.45) is 0 Å². The lowest BCUT2D eigenvalue weighted by Gasteiger charge is -2.22.